The Kier molecular flexibility index (Phi) is 6.39. The lowest BCUT2D eigenvalue weighted by Crippen LogP contribution is -2.21. The molecule has 6 aromatic rings. The molecule has 0 atom stereocenters. The van der Waals surface area contributed by atoms with Crippen molar-refractivity contribution in [2.45, 2.75) is 20.4 Å². The molecule has 0 saturated carbocycles. The van der Waals surface area contributed by atoms with Gasteiger partial charge in [-0.15, -0.1) is 0 Å². The number of imidazole rings is 1. The van der Waals surface area contributed by atoms with E-state index in [0.29, 0.717) is 46.1 Å². The van der Waals surface area contributed by atoms with E-state index in [0.717, 1.165) is 10.3 Å². The van der Waals surface area contributed by atoms with Gasteiger partial charge in [-0.25, -0.2) is 14.6 Å². The predicted octanol–water partition coefficient (Wildman–Crippen LogP) is 3.99. The smallest absolute Gasteiger partial charge is 0.290 e. The first-order valence-corrected chi connectivity index (χ1v) is 13.1. The van der Waals surface area contributed by atoms with Crippen molar-refractivity contribution in [2.24, 2.45) is 7.05 Å². The zero-order valence-corrected chi connectivity index (χ0v) is 22.9. The number of carbonyl (C=O) groups excluding carboxylic acids is 1. The van der Waals surface area contributed by atoms with Crippen LogP contribution in [-0.2, 0) is 13.6 Å². The molecule has 0 aliphatic rings. The summed E-state index contributed by atoms with van der Waals surface area (Å²) in [4.78, 5) is 51.5. The number of nitriles is 1. The lowest BCUT2D eigenvalue weighted by atomic mass is 10.1. The van der Waals surface area contributed by atoms with Crippen LogP contribution in [-0.4, -0.2) is 35.0 Å². The number of carbonyl (C=O) groups is 1. The summed E-state index contributed by atoms with van der Waals surface area (Å²) < 4.78 is 9.66. The maximum absolute atomic E-state index is 13.7. The third kappa shape index (κ3) is 4.29. The second kappa shape index (κ2) is 10.2. The van der Waals surface area contributed by atoms with Crippen LogP contribution in [0.3, 0.4) is 0 Å². The molecule has 0 spiro atoms. The highest BCUT2D eigenvalue weighted by Crippen LogP contribution is 2.25. The van der Waals surface area contributed by atoms with Gasteiger partial charge < -0.3 is 14.8 Å². The van der Waals surface area contributed by atoms with Crippen LogP contribution in [0.15, 0.2) is 81.1 Å². The van der Waals surface area contributed by atoms with Crippen molar-refractivity contribution in [1.29, 1.82) is 5.26 Å². The molecule has 2 N–H and O–H groups in total. The number of nitrogens with zero attached hydrogens (tertiary/aromatic N) is 6. The highest BCUT2D eigenvalue weighted by molar-refractivity contribution is 6.10. The zero-order valence-electron chi connectivity index (χ0n) is 22.9. The largest absolute Gasteiger partial charge is 0.381 e. The Morgan fingerprint density at radius 2 is 1.88 bits per heavy atom. The van der Waals surface area contributed by atoms with Gasteiger partial charge in [0.1, 0.15) is 28.9 Å². The van der Waals surface area contributed by atoms with Crippen LogP contribution in [0.4, 0.5) is 5.69 Å². The van der Waals surface area contributed by atoms with E-state index in [1.54, 1.807) is 73.5 Å². The number of H-pyrrole nitrogens is 1. The molecule has 0 radical (unpaired) electrons. The number of aryl methyl sites for hydroxylation is 3. The Morgan fingerprint density at radius 3 is 2.52 bits per heavy atom. The Hall–Kier alpha value is -5.96. The molecular weight excluding hydrogens is 536 g/mol. The average molecular weight is 561 g/mol. The number of pyridine rings is 1. The van der Waals surface area contributed by atoms with Crippen molar-refractivity contribution in [3.8, 4) is 34.3 Å². The highest BCUT2D eigenvalue weighted by atomic mass is 16.5. The van der Waals surface area contributed by atoms with Crippen LogP contribution in [0.1, 0.15) is 28.9 Å². The Balaban J connectivity index is 1.45. The van der Waals surface area contributed by atoms with Gasteiger partial charge in [-0.05, 0) is 49.7 Å². The van der Waals surface area contributed by atoms with E-state index in [2.05, 4.69) is 20.3 Å². The molecule has 4 aromatic heterocycles. The minimum absolute atomic E-state index is 0.0562. The van der Waals surface area contributed by atoms with E-state index in [1.165, 1.54) is 10.7 Å². The summed E-state index contributed by atoms with van der Waals surface area (Å²) in [6.07, 6.45) is 3.34. The van der Waals surface area contributed by atoms with Gasteiger partial charge >= 0.3 is 0 Å². The fraction of sp³-hybridized carbons (Fsp3) is 0.133. The summed E-state index contributed by atoms with van der Waals surface area (Å²) in [5.41, 5.74) is 2.35. The standard InChI is InChI=1S/C30H24N8O4/c1-4-37-26-23(29(40)38(37)22-10-8-18(9-11-22)24-17(2)42-36(3)30(24)41)15-21(16-31)34-25(26)28(39)35-20-7-5-6-19(14-20)27-32-12-13-33-27/h5-15H,4H2,1-3H3,(H,32,33)(H,35,39). The number of rotatable bonds is 6. The van der Waals surface area contributed by atoms with Gasteiger partial charge in [0.05, 0.1) is 16.6 Å². The number of aromatic nitrogens is 6. The van der Waals surface area contributed by atoms with Crippen molar-refractivity contribution >= 4 is 22.5 Å². The SMILES string of the molecule is CCn1c2c(C(=O)Nc3cccc(-c4ncc[nH]4)c3)nc(C#N)cc2c(=O)n1-c1ccc(-c2c(C)on(C)c2=O)cc1. The highest BCUT2D eigenvalue weighted by Gasteiger charge is 2.24. The monoisotopic (exact) mass is 560 g/mol. The van der Waals surface area contributed by atoms with Crippen LogP contribution < -0.4 is 16.4 Å². The van der Waals surface area contributed by atoms with Crippen LogP contribution >= 0.6 is 0 Å². The maximum Gasteiger partial charge on any atom is 0.290 e. The van der Waals surface area contributed by atoms with Gasteiger partial charge in [0.15, 0.2) is 5.69 Å². The lowest BCUT2D eigenvalue weighted by Gasteiger charge is -2.13. The Bertz CT molecular complexity index is 2140. The van der Waals surface area contributed by atoms with Gasteiger partial charge in [0.2, 0.25) is 0 Å². The first-order chi connectivity index (χ1) is 20.3. The van der Waals surface area contributed by atoms with Gasteiger partial charge in [-0.3, -0.25) is 19.1 Å². The van der Waals surface area contributed by atoms with Crippen LogP contribution in [0, 0.1) is 18.3 Å². The molecule has 0 unspecified atom stereocenters. The summed E-state index contributed by atoms with van der Waals surface area (Å²) in [6.45, 7) is 3.88. The molecule has 0 fully saturated rings. The van der Waals surface area contributed by atoms with Crippen molar-refractivity contribution < 1.29 is 9.32 Å². The van der Waals surface area contributed by atoms with Crippen molar-refractivity contribution in [3.63, 3.8) is 0 Å². The number of anilines is 1. The van der Waals surface area contributed by atoms with Gasteiger partial charge in [-0.2, -0.15) is 10.0 Å². The van der Waals surface area contributed by atoms with Gasteiger partial charge in [0.25, 0.3) is 17.0 Å². The number of benzene rings is 2. The summed E-state index contributed by atoms with van der Waals surface area (Å²) in [5.74, 6) is 0.550. The van der Waals surface area contributed by atoms with E-state index < -0.39 is 11.5 Å². The van der Waals surface area contributed by atoms with Crippen LogP contribution in [0.5, 0.6) is 0 Å². The molecule has 0 saturated heterocycles. The number of amides is 1. The first-order valence-electron chi connectivity index (χ1n) is 13.1. The molecule has 2 aromatic carbocycles. The molecule has 208 valence electrons. The van der Waals surface area contributed by atoms with Crippen LogP contribution in [0.25, 0.3) is 39.1 Å². The van der Waals surface area contributed by atoms with E-state index in [9.17, 15) is 19.6 Å². The third-order valence-corrected chi connectivity index (χ3v) is 6.96. The third-order valence-electron chi connectivity index (χ3n) is 6.96. The predicted molar refractivity (Wildman–Crippen MR) is 155 cm³/mol. The molecule has 0 aliphatic carbocycles. The molecule has 0 aliphatic heterocycles. The summed E-state index contributed by atoms with van der Waals surface area (Å²) in [5, 5.41) is 12.7. The molecule has 6 rings (SSSR count). The zero-order chi connectivity index (χ0) is 29.5. The molecule has 0 bridgehead atoms. The van der Waals surface area contributed by atoms with Crippen LogP contribution in [0.2, 0.25) is 0 Å². The quantitative estimate of drug-likeness (QED) is 0.312. The second-order valence-electron chi connectivity index (χ2n) is 9.54. The second-order valence-corrected chi connectivity index (χ2v) is 9.54. The summed E-state index contributed by atoms with van der Waals surface area (Å²) >= 11 is 0. The van der Waals surface area contributed by atoms with E-state index >= 15 is 0 Å². The van der Waals surface area contributed by atoms with Gasteiger partial charge in [-0.1, -0.05) is 24.3 Å². The lowest BCUT2D eigenvalue weighted by molar-refractivity contribution is 0.102. The van der Waals surface area contributed by atoms with Crippen molar-refractivity contribution in [2.75, 3.05) is 5.32 Å². The first kappa shape index (κ1) is 26.3. The molecule has 4 heterocycles. The molecule has 1 amide bonds. The van der Waals surface area contributed by atoms with Crippen molar-refractivity contribution in [3.05, 3.63) is 105 Å². The molecule has 42 heavy (non-hydrogen) atoms. The normalized spacial score (nSPS) is 11.1. The molecular formula is C30H24N8O4. The van der Waals surface area contributed by atoms with Crippen molar-refractivity contribution in [1.82, 2.24) is 29.1 Å². The fourth-order valence-corrected chi connectivity index (χ4v) is 5.11. The topological polar surface area (TPSA) is 157 Å². The van der Waals surface area contributed by atoms with E-state index in [1.807, 2.05) is 19.1 Å². The number of nitrogens with one attached hydrogen (secondary N) is 2. The maximum atomic E-state index is 13.7. The molecule has 12 heteroatoms. The fourth-order valence-electron chi connectivity index (χ4n) is 5.11. The van der Waals surface area contributed by atoms with E-state index in [4.69, 9.17) is 4.52 Å². The number of fused-ring (bicyclic) bond motifs is 1. The Labute approximate surface area is 238 Å². The number of aromatic amines is 1. The van der Waals surface area contributed by atoms with Gasteiger partial charge in [0, 0.05) is 37.2 Å². The number of hydrogen-bond acceptors (Lipinski definition) is 7. The number of hydrogen-bond donors (Lipinski definition) is 2. The Morgan fingerprint density at radius 1 is 1.10 bits per heavy atom. The minimum atomic E-state index is -0.574. The summed E-state index contributed by atoms with van der Waals surface area (Å²) in [7, 11) is 1.54. The summed E-state index contributed by atoms with van der Waals surface area (Å²) in [6, 6.07) is 17.4. The van der Waals surface area contributed by atoms with E-state index in [-0.39, 0.29) is 22.3 Å². The minimum Gasteiger partial charge on any atom is -0.381 e. The average Bonchev–Trinajstić information content (AvgIpc) is 3.70. The molecule has 12 nitrogen and oxygen atoms in total.